The van der Waals surface area contributed by atoms with Crippen molar-refractivity contribution in [3.8, 4) is 11.3 Å². The van der Waals surface area contributed by atoms with Crippen LogP contribution >= 0.6 is 22.7 Å². The van der Waals surface area contributed by atoms with Crippen molar-refractivity contribution in [1.82, 2.24) is 15.5 Å². The second kappa shape index (κ2) is 10.5. The van der Waals surface area contributed by atoms with Crippen LogP contribution in [0.15, 0.2) is 32.9 Å². The molecular formula is C27H29N7O4S2. The van der Waals surface area contributed by atoms with Crippen LogP contribution in [0.25, 0.3) is 20.7 Å². The Hall–Kier alpha value is -3.52. The smallest absolute Gasteiger partial charge is 0.255 e. The Bertz CT molecular complexity index is 1640. The summed E-state index contributed by atoms with van der Waals surface area (Å²) in [5.41, 5.74) is 9.15. The predicted octanol–water partition coefficient (Wildman–Crippen LogP) is 3.88. The summed E-state index contributed by atoms with van der Waals surface area (Å²) >= 11 is 2.99. The van der Waals surface area contributed by atoms with Crippen molar-refractivity contribution in [1.29, 1.82) is 0 Å². The van der Waals surface area contributed by atoms with E-state index in [4.69, 9.17) is 20.0 Å². The highest BCUT2D eigenvalue weighted by Crippen LogP contribution is 2.39. The number of fused-ring (bicyclic) bond motifs is 2. The first-order chi connectivity index (χ1) is 19.5. The van der Waals surface area contributed by atoms with Gasteiger partial charge in [-0.15, -0.1) is 22.7 Å². The summed E-state index contributed by atoms with van der Waals surface area (Å²) in [5.74, 6) is 1.24. The quantitative estimate of drug-likeness (QED) is 0.265. The molecular weight excluding hydrogens is 550 g/mol. The van der Waals surface area contributed by atoms with Gasteiger partial charge in [-0.2, -0.15) is 0 Å². The summed E-state index contributed by atoms with van der Waals surface area (Å²) in [6.07, 6.45) is 4.23. The molecule has 1 amide bonds. The van der Waals surface area contributed by atoms with E-state index in [1.807, 2.05) is 11.4 Å². The molecule has 2 atom stereocenters. The van der Waals surface area contributed by atoms with Crippen LogP contribution in [0.1, 0.15) is 41.6 Å². The zero-order chi connectivity index (χ0) is 27.2. The second-order valence-corrected chi connectivity index (χ2v) is 12.2. The predicted molar refractivity (Wildman–Crippen MR) is 157 cm³/mol. The van der Waals surface area contributed by atoms with Crippen LogP contribution in [0, 0.1) is 0 Å². The number of aromatic nitrogens is 2. The average Bonchev–Trinajstić information content (AvgIpc) is 3.69. The van der Waals surface area contributed by atoms with E-state index in [-0.39, 0.29) is 23.4 Å². The zero-order valence-electron chi connectivity index (χ0n) is 21.7. The maximum atomic E-state index is 12.9. The standard InChI is InChI=1S/C27H29N7O4S2/c28-16-3-1-2-4-17(16)30-20-9-14-12-29-27(36)23(14)26(31-20)32-21-10-18(33-38-21)15-13-39-25-19(35)11-22(40-24(15)25)34-5-7-37-8-6-34/h9-11,13,16-17H,1-8,12,28H2,(H,29,36)(H2,30,31,32)/t16-,17+/m1/s1. The topological polar surface area (TPSA) is 148 Å². The van der Waals surface area contributed by atoms with E-state index in [0.717, 1.165) is 59.6 Å². The van der Waals surface area contributed by atoms with Gasteiger partial charge in [0, 0.05) is 54.8 Å². The van der Waals surface area contributed by atoms with Gasteiger partial charge < -0.3 is 35.8 Å². The van der Waals surface area contributed by atoms with Crippen LogP contribution < -0.4 is 32.0 Å². The van der Waals surface area contributed by atoms with Crippen LogP contribution in [0.2, 0.25) is 0 Å². The summed E-state index contributed by atoms with van der Waals surface area (Å²) in [7, 11) is 0. The van der Waals surface area contributed by atoms with Crippen LogP contribution in [-0.2, 0) is 11.3 Å². The number of nitrogens with one attached hydrogen (secondary N) is 3. The SMILES string of the molecule is N[C@@H]1CCCC[C@@H]1Nc1cc2c(c(Nc3cc(-c4csc5c(=O)cc(N6CCOCC6)sc45)no3)n1)C(=O)NC2. The second-order valence-electron chi connectivity index (χ2n) is 10.3. The fourth-order valence-electron chi connectivity index (χ4n) is 5.57. The molecule has 40 heavy (non-hydrogen) atoms. The molecule has 7 rings (SSSR count). The highest BCUT2D eigenvalue weighted by Gasteiger charge is 2.28. The van der Waals surface area contributed by atoms with Crippen molar-refractivity contribution >= 4 is 60.5 Å². The molecule has 2 aliphatic heterocycles. The molecule has 1 saturated heterocycles. The number of nitrogens with two attached hydrogens (primary N) is 1. The molecule has 3 aliphatic rings. The lowest BCUT2D eigenvalue weighted by Crippen LogP contribution is -2.42. The number of carbonyl (C=O) groups excluding carboxylic acids is 1. The Morgan fingerprint density at radius 3 is 2.80 bits per heavy atom. The van der Waals surface area contributed by atoms with Crippen molar-refractivity contribution in [3.63, 3.8) is 0 Å². The molecule has 208 valence electrons. The minimum atomic E-state index is -0.185. The molecule has 6 heterocycles. The number of pyridine rings is 1. The monoisotopic (exact) mass is 579 g/mol. The number of hydrogen-bond donors (Lipinski definition) is 4. The molecule has 0 bridgehead atoms. The Morgan fingerprint density at radius 1 is 1.10 bits per heavy atom. The Balaban J connectivity index is 1.19. The van der Waals surface area contributed by atoms with Crippen molar-refractivity contribution in [2.75, 3.05) is 41.8 Å². The van der Waals surface area contributed by atoms with Crippen LogP contribution in [-0.4, -0.2) is 54.4 Å². The molecule has 0 aromatic carbocycles. The third kappa shape index (κ3) is 4.72. The molecule has 0 radical (unpaired) electrons. The van der Waals surface area contributed by atoms with E-state index in [1.165, 1.54) is 11.3 Å². The number of nitrogens with zero attached hydrogens (tertiary/aromatic N) is 3. The zero-order valence-corrected chi connectivity index (χ0v) is 23.3. The minimum absolute atomic E-state index is 0.00103. The lowest BCUT2D eigenvalue weighted by Gasteiger charge is -2.30. The number of hydrogen-bond acceptors (Lipinski definition) is 12. The Kier molecular flexibility index (Phi) is 6.66. The highest BCUT2D eigenvalue weighted by atomic mass is 32.1. The summed E-state index contributed by atoms with van der Waals surface area (Å²) in [6.45, 7) is 3.24. The fraction of sp³-hybridized carbons (Fsp3) is 0.407. The third-order valence-corrected chi connectivity index (χ3v) is 10.0. The summed E-state index contributed by atoms with van der Waals surface area (Å²) < 4.78 is 12.7. The number of rotatable bonds is 6. The first-order valence-corrected chi connectivity index (χ1v) is 15.2. The average molecular weight is 580 g/mol. The fourth-order valence-corrected chi connectivity index (χ4v) is 7.94. The maximum Gasteiger partial charge on any atom is 0.255 e. The Morgan fingerprint density at radius 2 is 1.95 bits per heavy atom. The number of amides is 1. The van der Waals surface area contributed by atoms with Crippen molar-refractivity contribution in [3.05, 3.63) is 44.9 Å². The molecule has 0 spiro atoms. The minimum Gasteiger partial charge on any atom is -0.378 e. The van der Waals surface area contributed by atoms with Gasteiger partial charge in [-0.25, -0.2) is 4.98 Å². The van der Waals surface area contributed by atoms with Gasteiger partial charge >= 0.3 is 0 Å². The van der Waals surface area contributed by atoms with E-state index in [1.54, 1.807) is 23.5 Å². The van der Waals surface area contributed by atoms with Crippen molar-refractivity contribution in [2.45, 2.75) is 44.3 Å². The number of thiophene rings is 1. The molecule has 1 saturated carbocycles. The van der Waals surface area contributed by atoms with Gasteiger partial charge in [0.05, 0.1) is 33.2 Å². The maximum absolute atomic E-state index is 12.9. The van der Waals surface area contributed by atoms with Gasteiger partial charge in [0.25, 0.3) is 5.91 Å². The van der Waals surface area contributed by atoms with Gasteiger partial charge in [-0.1, -0.05) is 18.0 Å². The molecule has 4 aromatic heterocycles. The highest BCUT2D eigenvalue weighted by molar-refractivity contribution is 7.28. The molecule has 11 nitrogen and oxygen atoms in total. The molecule has 13 heteroatoms. The van der Waals surface area contributed by atoms with E-state index in [9.17, 15) is 9.59 Å². The molecule has 4 aromatic rings. The van der Waals surface area contributed by atoms with Gasteiger partial charge in [-0.3, -0.25) is 9.59 Å². The van der Waals surface area contributed by atoms with Gasteiger partial charge in [0.1, 0.15) is 17.3 Å². The van der Waals surface area contributed by atoms with Crippen LogP contribution in [0.5, 0.6) is 0 Å². The molecule has 1 aliphatic carbocycles. The summed E-state index contributed by atoms with van der Waals surface area (Å²) in [6, 6.07) is 5.61. The number of morpholine rings is 1. The van der Waals surface area contributed by atoms with Gasteiger partial charge in [0.2, 0.25) is 5.88 Å². The van der Waals surface area contributed by atoms with Crippen molar-refractivity contribution in [2.24, 2.45) is 5.73 Å². The van der Waals surface area contributed by atoms with Crippen LogP contribution in [0.3, 0.4) is 0 Å². The molecule has 2 fully saturated rings. The molecule has 5 N–H and O–H groups in total. The first-order valence-electron chi connectivity index (χ1n) is 13.5. The molecule has 0 unspecified atom stereocenters. The lowest BCUT2D eigenvalue weighted by atomic mass is 9.91. The number of anilines is 4. The van der Waals surface area contributed by atoms with E-state index >= 15 is 0 Å². The van der Waals surface area contributed by atoms with E-state index in [0.29, 0.717) is 53.2 Å². The normalized spacial score (nSPS) is 20.9. The summed E-state index contributed by atoms with van der Waals surface area (Å²) in [4.78, 5) is 32.5. The van der Waals surface area contributed by atoms with Crippen molar-refractivity contribution < 1.29 is 14.1 Å². The van der Waals surface area contributed by atoms with E-state index in [2.05, 4.69) is 26.0 Å². The first kappa shape index (κ1) is 25.4. The van der Waals surface area contributed by atoms with E-state index < -0.39 is 0 Å². The summed E-state index contributed by atoms with van der Waals surface area (Å²) in [5, 5.41) is 16.7. The lowest BCUT2D eigenvalue weighted by molar-refractivity contribution is 0.0966. The number of ether oxygens (including phenoxy) is 1. The Labute approximate surface area is 237 Å². The largest absolute Gasteiger partial charge is 0.378 e. The van der Waals surface area contributed by atoms with Gasteiger partial charge in [-0.05, 0) is 24.5 Å². The van der Waals surface area contributed by atoms with Crippen LogP contribution in [0.4, 0.5) is 22.5 Å². The van der Waals surface area contributed by atoms with Gasteiger partial charge in [0.15, 0.2) is 5.43 Å². The third-order valence-electron chi connectivity index (χ3n) is 7.70. The number of carbonyl (C=O) groups is 1.